The molecule has 0 aliphatic carbocycles. The molecule has 16 heavy (non-hydrogen) atoms. The number of unbranched alkanes of at least 4 members (excludes halogenated alkanes) is 3. The third-order valence-corrected chi connectivity index (χ3v) is 6.37. The van der Waals surface area contributed by atoms with Gasteiger partial charge in [-0.1, -0.05) is 33.5 Å². The van der Waals surface area contributed by atoms with Crippen LogP contribution in [-0.2, 0) is 38.7 Å². The van der Waals surface area contributed by atoms with Crippen molar-refractivity contribution in [2.45, 2.75) is 25.7 Å². The molecule has 0 unspecified atom stereocenters. The molecular weight excluding hydrogens is 296 g/mol. The van der Waals surface area contributed by atoms with Gasteiger partial charge in [0, 0.05) is 0 Å². The van der Waals surface area contributed by atoms with E-state index in [1.807, 2.05) is 0 Å². The molecule has 6 nitrogen and oxygen atoms in total. The van der Waals surface area contributed by atoms with Gasteiger partial charge in [0.05, 0.1) is 0 Å². The van der Waals surface area contributed by atoms with Gasteiger partial charge in [-0.2, -0.15) is 0 Å². The van der Waals surface area contributed by atoms with E-state index in [-0.39, 0.29) is 20.6 Å². The quantitative estimate of drug-likeness (QED) is 0.301. The van der Waals surface area contributed by atoms with Gasteiger partial charge < -0.3 is 0 Å². The number of rotatable bonds is 7. The lowest BCUT2D eigenvalue weighted by atomic mass is 10.2. The summed E-state index contributed by atoms with van der Waals surface area (Å²) in [7, 11) is -6.98. The smallest absolute Gasteiger partial charge is 0.220 e. The molecule has 0 aromatic carbocycles. The van der Waals surface area contributed by atoms with Crippen LogP contribution in [0.2, 0.25) is 0 Å². The first-order valence-electron chi connectivity index (χ1n) is 4.56. The van der Waals surface area contributed by atoms with Crippen LogP contribution in [0.3, 0.4) is 0 Å². The van der Waals surface area contributed by atoms with Crippen molar-refractivity contribution < 1.29 is 26.6 Å². The van der Waals surface area contributed by atoms with E-state index in [2.05, 4.69) is 0 Å². The molecule has 0 heterocycles. The zero-order chi connectivity index (χ0) is 12.7. The maximum atomic E-state index is 10.4. The minimum atomic E-state index is -3.62. The van der Waals surface area contributed by atoms with E-state index in [4.69, 9.17) is 18.2 Å². The second-order valence-corrected chi connectivity index (χ2v) is 10.7. The molecule has 4 N–H and O–H groups in total. The van der Waals surface area contributed by atoms with Gasteiger partial charge in [0.2, 0.25) is 18.1 Å². The Hall–Kier alpha value is 0.840. The summed E-state index contributed by atoms with van der Waals surface area (Å²) in [5, 5.41) is 0. The minimum Gasteiger partial charge on any atom is -0.289 e. The fraction of sp³-hybridized carbons (Fsp3) is 1.00. The Morgan fingerprint density at radius 3 is 1.25 bits per heavy atom. The lowest BCUT2D eigenvalue weighted by Crippen LogP contribution is -1.99. The van der Waals surface area contributed by atoms with Crippen molar-refractivity contribution in [3.8, 4) is 0 Å². The summed E-state index contributed by atoms with van der Waals surface area (Å²) < 4.78 is 55.0. The molecule has 0 spiro atoms. The monoisotopic (exact) mass is 314 g/mol. The van der Waals surface area contributed by atoms with Crippen LogP contribution >= 0.6 is 0 Å². The molecule has 10 heteroatoms. The van der Waals surface area contributed by atoms with Crippen LogP contribution in [0.25, 0.3) is 0 Å². The summed E-state index contributed by atoms with van der Waals surface area (Å²) >= 11 is 0. The summed E-state index contributed by atoms with van der Waals surface area (Å²) in [6.45, 7) is 0. The maximum absolute atomic E-state index is 10.4. The fourth-order valence-electron chi connectivity index (χ4n) is 0.944. The summed E-state index contributed by atoms with van der Waals surface area (Å²) in [6.07, 6.45) is 3.11. The molecular formula is C6H18O6S4. The van der Waals surface area contributed by atoms with E-state index in [0.29, 0.717) is 11.5 Å². The highest BCUT2D eigenvalue weighted by Crippen LogP contribution is 2.00. The molecule has 0 aliphatic heterocycles. The van der Waals surface area contributed by atoms with Crippen molar-refractivity contribution in [2.24, 2.45) is 0 Å². The first kappa shape index (κ1) is 16.8. The Labute approximate surface area is 102 Å². The van der Waals surface area contributed by atoms with Gasteiger partial charge in [0.1, 0.15) is 0 Å². The molecule has 0 aromatic rings. The molecule has 0 atom stereocenters. The van der Waals surface area contributed by atoms with Crippen LogP contribution in [0.15, 0.2) is 0 Å². The minimum absolute atomic E-state index is 0.134. The predicted molar refractivity (Wildman–Crippen MR) is 72.5 cm³/mol. The molecule has 0 saturated carbocycles. The van der Waals surface area contributed by atoms with Crippen LogP contribution in [0, 0.1) is 0 Å². The van der Waals surface area contributed by atoms with Crippen molar-refractivity contribution in [3.63, 3.8) is 0 Å². The largest absolute Gasteiger partial charge is 0.289 e. The van der Waals surface area contributed by atoms with Gasteiger partial charge in [0.25, 0.3) is 0 Å². The summed E-state index contributed by atoms with van der Waals surface area (Å²) in [5.41, 5.74) is 0. The van der Waals surface area contributed by atoms with Crippen molar-refractivity contribution in [1.29, 1.82) is 0 Å². The lowest BCUT2D eigenvalue weighted by molar-refractivity contribution is 0.448. The molecule has 0 rings (SSSR count). The van der Waals surface area contributed by atoms with E-state index in [0.717, 1.165) is 25.7 Å². The van der Waals surface area contributed by atoms with Crippen LogP contribution in [0.4, 0.5) is 0 Å². The molecule has 0 aromatic heterocycles. The Balaban J connectivity index is 3.50. The normalized spacial score (nSPS) is 13.0. The van der Waals surface area contributed by atoms with Crippen LogP contribution < -0.4 is 0 Å². The van der Waals surface area contributed by atoms with E-state index in [1.54, 1.807) is 0 Å². The van der Waals surface area contributed by atoms with E-state index in [1.165, 1.54) is 0 Å². The average molecular weight is 314 g/mol. The standard InChI is InChI=1S/C6H18O6S4/c7-15(8,9)13-5-3-1-2-4-6-14-16(10,11)12/h13-14H,1-6H2,(H2,7,8,9)(H2,10,11,12). The molecule has 0 bridgehead atoms. The van der Waals surface area contributed by atoms with Crippen molar-refractivity contribution >= 4 is 38.7 Å². The topological polar surface area (TPSA) is 115 Å². The zero-order valence-corrected chi connectivity index (χ0v) is 12.0. The van der Waals surface area contributed by atoms with Crippen molar-refractivity contribution in [2.75, 3.05) is 11.5 Å². The van der Waals surface area contributed by atoms with Gasteiger partial charge in [-0.05, 0) is 24.3 Å². The maximum Gasteiger partial charge on any atom is 0.220 e. The second-order valence-electron chi connectivity index (χ2n) is 3.06. The number of hydrogen-bond donors (Lipinski definition) is 6. The average Bonchev–Trinajstić information content (AvgIpc) is 2.06. The Morgan fingerprint density at radius 2 is 1.00 bits per heavy atom. The zero-order valence-electron chi connectivity index (χ0n) is 8.56. The van der Waals surface area contributed by atoms with Gasteiger partial charge in [-0.25, -0.2) is 8.42 Å². The number of hydrogen-bond acceptors (Lipinski definition) is 2. The predicted octanol–water partition coefficient (Wildman–Crippen LogP) is 0.467. The van der Waals surface area contributed by atoms with E-state index in [9.17, 15) is 8.42 Å². The lowest BCUT2D eigenvalue weighted by Gasteiger charge is -1.98. The molecule has 0 fully saturated rings. The van der Waals surface area contributed by atoms with E-state index >= 15 is 0 Å². The highest BCUT2D eigenvalue weighted by atomic mass is 32.9. The fourth-order valence-corrected chi connectivity index (χ4v) is 4.33. The first-order chi connectivity index (χ1) is 7.21. The first-order valence-corrected chi connectivity index (χ1v) is 10.9. The Morgan fingerprint density at radius 1 is 0.688 bits per heavy atom. The highest BCUT2D eigenvalue weighted by molar-refractivity contribution is 8.34. The third-order valence-electron chi connectivity index (χ3n) is 1.59. The van der Waals surface area contributed by atoms with Gasteiger partial charge in [-0.3, -0.25) is 18.2 Å². The molecule has 0 amide bonds. The molecule has 0 saturated heterocycles. The van der Waals surface area contributed by atoms with Crippen molar-refractivity contribution in [1.82, 2.24) is 0 Å². The van der Waals surface area contributed by atoms with Crippen molar-refractivity contribution in [3.05, 3.63) is 0 Å². The van der Waals surface area contributed by atoms with Gasteiger partial charge in [0.15, 0.2) is 0 Å². The van der Waals surface area contributed by atoms with Crippen LogP contribution in [-0.4, -0.2) is 38.1 Å². The summed E-state index contributed by atoms with van der Waals surface area (Å²) in [6, 6.07) is 0. The second kappa shape index (κ2) is 8.03. The Bertz CT molecular complexity index is 359. The van der Waals surface area contributed by atoms with Gasteiger partial charge >= 0.3 is 0 Å². The van der Waals surface area contributed by atoms with E-state index < -0.39 is 18.1 Å². The highest BCUT2D eigenvalue weighted by Gasteiger charge is 1.94. The number of thiol groups is 2. The van der Waals surface area contributed by atoms with Gasteiger partial charge in [-0.15, -0.1) is 0 Å². The Kier molecular flexibility index (Phi) is 8.45. The summed E-state index contributed by atoms with van der Waals surface area (Å²) in [5.74, 6) is 0.917. The third kappa shape index (κ3) is 14.8. The molecule has 0 radical (unpaired) electrons. The SMILES string of the molecule is O=S(O)(O)=[SH]CCCCCC[SH]=S(=O)(O)O. The summed E-state index contributed by atoms with van der Waals surface area (Å²) in [4.78, 5) is 0. The van der Waals surface area contributed by atoms with Crippen LogP contribution in [0.1, 0.15) is 25.7 Å². The molecule has 102 valence electrons. The molecule has 0 aliphatic rings. The van der Waals surface area contributed by atoms with Crippen LogP contribution in [0.5, 0.6) is 0 Å².